The van der Waals surface area contributed by atoms with Crippen molar-refractivity contribution >= 4 is 12.4 Å². The van der Waals surface area contributed by atoms with Crippen molar-refractivity contribution in [3.63, 3.8) is 0 Å². The minimum Gasteiger partial charge on any atom is -0.497 e. The van der Waals surface area contributed by atoms with Gasteiger partial charge in [-0.2, -0.15) is 0 Å². The summed E-state index contributed by atoms with van der Waals surface area (Å²) in [4.78, 5) is 0. The molecular formula is C11H16ClF2NO. The number of nitrogens with two attached hydrogens (primary N) is 1. The summed E-state index contributed by atoms with van der Waals surface area (Å²) >= 11 is 0. The van der Waals surface area contributed by atoms with E-state index in [-0.39, 0.29) is 23.7 Å². The summed E-state index contributed by atoms with van der Waals surface area (Å²) in [5, 5.41) is 0. The van der Waals surface area contributed by atoms with Crippen LogP contribution in [0.4, 0.5) is 8.78 Å². The maximum absolute atomic E-state index is 13.5. The van der Waals surface area contributed by atoms with Crippen molar-refractivity contribution in [3.05, 3.63) is 29.3 Å². The predicted molar refractivity (Wildman–Crippen MR) is 62.0 cm³/mol. The van der Waals surface area contributed by atoms with E-state index >= 15 is 0 Å². The van der Waals surface area contributed by atoms with Gasteiger partial charge < -0.3 is 10.5 Å². The number of ether oxygens (including phenoxy) is 1. The lowest BCUT2D eigenvalue weighted by Crippen LogP contribution is -2.14. The van der Waals surface area contributed by atoms with E-state index in [9.17, 15) is 8.78 Å². The third kappa shape index (κ3) is 3.32. The molecule has 0 aliphatic heterocycles. The molecule has 0 aromatic heterocycles. The van der Waals surface area contributed by atoms with Crippen molar-refractivity contribution < 1.29 is 13.5 Å². The molecule has 1 aromatic rings. The first-order chi connectivity index (χ1) is 7.10. The second-order valence-corrected chi connectivity index (χ2v) is 3.40. The van der Waals surface area contributed by atoms with Crippen LogP contribution in [0.25, 0.3) is 0 Å². The minimum atomic E-state index is -0.646. The highest BCUT2D eigenvalue weighted by molar-refractivity contribution is 5.85. The van der Waals surface area contributed by atoms with Gasteiger partial charge in [0.15, 0.2) is 0 Å². The normalized spacial score (nSPS) is 11.8. The van der Waals surface area contributed by atoms with E-state index < -0.39 is 17.7 Å². The quantitative estimate of drug-likeness (QED) is 0.892. The van der Waals surface area contributed by atoms with E-state index in [0.717, 1.165) is 18.6 Å². The lowest BCUT2D eigenvalue weighted by Gasteiger charge is -2.13. The molecule has 0 radical (unpaired) electrons. The van der Waals surface area contributed by atoms with Crippen molar-refractivity contribution in [3.8, 4) is 5.75 Å². The number of hydrogen-bond donors (Lipinski definition) is 1. The van der Waals surface area contributed by atoms with Gasteiger partial charge in [-0.1, -0.05) is 13.3 Å². The summed E-state index contributed by atoms with van der Waals surface area (Å²) in [6, 6.07) is 1.70. The van der Waals surface area contributed by atoms with Crippen molar-refractivity contribution in [2.45, 2.75) is 25.8 Å². The molecule has 5 heteroatoms. The Morgan fingerprint density at radius 3 is 2.19 bits per heavy atom. The first-order valence-electron chi connectivity index (χ1n) is 4.88. The SMILES string of the molecule is CCC[C@@H](N)c1c(F)cc(OC)cc1F.Cl. The van der Waals surface area contributed by atoms with Gasteiger partial charge in [0.25, 0.3) is 0 Å². The van der Waals surface area contributed by atoms with E-state index in [1.165, 1.54) is 7.11 Å². The second kappa shape index (κ2) is 6.66. The van der Waals surface area contributed by atoms with Crippen LogP contribution in [0, 0.1) is 11.6 Å². The first kappa shape index (κ1) is 15.1. The van der Waals surface area contributed by atoms with Crippen LogP contribution in [0.5, 0.6) is 5.75 Å². The van der Waals surface area contributed by atoms with Gasteiger partial charge in [-0.15, -0.1) is 12.4 Å². The Bertz CT molecular complexity index is 324. The Morgan fingerprint density at radius 2 is 1.81 bits per heavy atom. The van der Waals surface area contributed by atoms with Gasteiger partial charge >= 0.3 is 0 Å². The Kier molecular flexibility index (Phi) is 6.29. The van der Waals surface area contributed by atoms with Crippen molar-refractivity contribution in [1.29, 1.82) is 0 Å². The Morgan fingerprint density at radius 1 is 1.31 bits per heavy atom. The molecule has 0 unspecified atom stereocenters. The lowest BCUT2D eigenvalue weighted by molar-refractivity contribution is 0.403. The molecule has 0 aliphatic carbocycles. The van der Waals surface area contributed by atoms with Crippen LogP contribution in [-0.2, 0) is 0 Å². The summed E-state index contributed by atoms with van der Waals surface area (Å²) < 4.78 is 31.7. The predicted octanol–water partition coefficient (Wildman–Crippen LogP) is 3.20. The second-order valence-electron chi connectivity index (χ2n) is 3.40. The average Bonchev–Trinajstić information content (AvgIpc) is 2.16. The fourth-order valence-corrected chi connectivity index (χ4v) is 1.49. The van der Waals surface area contributed by atoms with Crippen LogP contribution in [0.15, 0.2) is 12.1 Å². The number of benzene rings is 1. The van der Waals surface area contributed by atoms with E-state index in [2.05, 4.69) is 0 Å². The van der Waals surface area contributed by atoms with Crippen LogP contribution >= 0.6 is 12.4 Å². The summed E-state index contributed by atoms with van der Waals surface area (Å²) in [5.74, 6) is -1.13. The van der Waals surface area contributed by atoms with Gasteiger partial charge in [0, 0.05) is 23.7 Å². The zero-order valence-corrected chi connectivity index (χ0v) is 10.1. The maximum Gasteiger partial charge on any atom is 0.134 e. The summed E-state index contributed by atoms with van der Waals surface area (Å²) in [7, 11) is 1.36. The topological polar surface area (TPSA) is 35.2 Å². The lowest BCUT2D eigenvalue weighted by atomic mass is 10.0. The summed E-state index contributed by atoms with van der Waals surface area (Å²) in [6.07, 6.45) is 1.34. The van der Waals surface area contributed by atoms with Crippen molar-refractivity contribution in [1.82, 2.24) is 0 Å². The highest BCUT2D eigenvalue weighted by atomic mass is 35.5. The molecule has 92 valence electrons. The third-order valence-electron chi connectivity index (χ3n) is 2.26. The largest absolute Gasteiger partial charge is 0.497 e. The molecular weight excluding hydrogens is 236 g/mol. The van der Waals surface area contributed by atoms with Gasteiger partial charge in [-0.25, -0.2) is 8.78 Å². The minimum absolute atomic E-state index is 0. The maximum atomic E-state index is 13.5. The Balaban J connectivity index is 0.00000225. The van der Waals surface area contributed by atoms with Gasteiger partial charge in [0.2, 0.25) is 0 Å². The molecule has 0 spiro atoms. The molecule has 1 aromatic carbocycles. The van der Waals surface area contributed by atoms with E-state index in [0.29, 0.717) is 6.42 Å². The van der Waals surface area contributed by atoms with Crippen molar-refractivity contribution in [2.24, 2.45) is 5.73 Å². The molecule has 0 amide bonds. The fourth-order valence-electron chi connectivity index (χ4n) is 1.49. The molecule has 16 heavy (non-hydrogen) atoms. The van der Waals surface area contributed by atoms with Gasteiger partial charge in [-0.3, -0.25) is 0 Å². The van der Waals surface area contributed by atoms with Crippen LogP contribution in [-0.4, -0.2) is 7.11 Å². The highest BCUT2D eigenvalue weighted by Gasteiger charge is 2.17. The highest BCUT2D eigenvalue weighted by Crippen LogP contribution is 2.26. The van der Waals surface area contributed by atoms with Gasteiger partial charge in [0.05, 0.1) is 7.11 Å². The molecule has 1 rings (SSSR count). The molecule has 0 fully saturated rings. The standard InChI is InChI=1S/C11H15F2NO.ClH/c1-3-4-10(14)11-8(12)5-7(15-2)6-9(11)13;/h5-6,10H,3-4,14H2,1-2H3;1H/t10-;/m1./s1. The van der Waals surface area contributed by atoms with Crippen molar-refractivity contribution in [2.75, 3.05) is 7.11 Å². The molecule has 0 saturated carbocycles. The molecule has 0 aliphatic rings. The number of methoxy groups -OCH3 is 1. The Hall–Kier alpha value is -0.870. The van der Waals surface area contributed by atoms with Crippen LogP contribution in [0.2, 0.25) is 0 Å². The summed E-state index contributed by atoms with van der Waals surface area (Å²) in [5.41, 5.74) is 5.62. The zero-order chi connectivity index (χ0) is 11.4. The summed E-state index contributed by atoms with van der Waals surface area (Å²) in [6.45, 7) is 1.92. The van der Waals surface area contributed by atoms with E-state index in [4.69, 9.17) is 10.5 Å². The molecule has 0 saturated heterocycles. The molecule has 2 nitrogen and oxygen atoms in total. The number of rotatable bonds is 4. The molecule has 2 N–H and O–H groups in total. The number of halogens is 3. The smallest absolute Gasteiger partial charge is 0.134 e. The third-order valence-corrected chi connectivity index (χ3v) is 2.26. The fraction of sp³-hybridized carbons (Fsp3) is 0.455. The molecule has 0 bridgehead atoms. The van der Waals surface area contributed by atoms with Crippen LogP contribution < -0.4 is 10.5 Å². The van der Waals surface area contributed by atoms with E-state index in [1.807, 2.05) is 6.92 Å². The van der Waals surface area contributed by atoms with Crippen LogP contribution in [0.1, 0.15) is 31.4 Å². The van der Waals surface area contributed by atoms with Gasteiger partial charge in [0.1, 0.15) is 17.4 Å². The zero-order valence-electron chi connectivity index (χ0n) is 9.30. The number of hydrogen-bond acceptors (Lipinski definition) is 2. The van der Waals surface area contributed by atoms with E-state index in [1.54, 1.807) is 0 Å². The molecule has 1 atom stereocenters. The first-order valence-corrected chi connectivity index (χ1v) is 4.88. The Labute approximate surface area is 100 Å². The monoisotopic (exact) mass is 251 g/mol. The van der Waals surface area contributed by atoms with Gasteiger partial charge in [-0.05, 0) is 6.42 Å². The average molecular weight is 252 g/mol. The molecule has 0 heterocycles. The van der Waals surface area contributed by atoms with Crippen LogP contribution in [0.3, 0.4) is 0 Å².